The maximum Gasteiger partial charge on any atom is 0.138 e. The lowest BCUT2D eigenvalue weighted by Crippen LogP contribution is -2.03. The van der Waals surface area contributed by atoms with Crippen molar-refractivity contribution in [3.8, 4) is 0 Å². The highest BCUT2D eigenvalue weighted by atomic mass is 35.5. The van der Waals surface area contributed by atoms with Gasteiger partial charge in [-0.2, -0.15) is 0 Å². The summed E-state index contributed by atoms with van der Waals surface area (Å²) in [6.07, 6.45) is 3.72. The minimum atomic E-state index is 0.691. The van der Waals surface area contributed by atoms with Crippen LogP contribution in [0.15, 0.2) is 54.9 Å². The second kappa shape index (κ2) is 4.70. The van der Waals surface area contributed by atoms with E-state index in [1.165, 1.54) is 0 Å². The highest BCUT2D eigenvalue weighted by Crippen LogP contribution is 2.17. The van der Waals surface area contributed by atoms with Crippen LogP contribution in [0.3, 0.4) is 0 Å². The van der Waals surface area contributed by atoms with Crippen molar-refractivity contribution in [1.82, 2.24) is 9.38 Å². The quantitative estimate of drug-likeness (QED) is 0.777. The van der Waals surface area contributed by atoms with Crippen molar-refractivity contribution >= 4 is 23.1 Å². The number of nitrogens with one attached hydrogen (secondary N) is 1. The molecule has 2 aromatic heterocycles. The Morgan fingerprint density at radius 1 is 1.11 bits per heavy atom. The van der Waals surface area contributed by atoms with Crippen LogP contribution in [0.5, 0.6) is 0 Å². The Balaban J connectivity index is 1.85. The van der Waals surface area contributed by atoms with Crippen LogP contribution < -0.4 is 5.32 Å². The molecule has 0 aliphatic carbocycles. The summed E-state index contributed by atoms with van der Waals surface area (Å²) in [7, 11) is 0. The summed E-state index contributed by atoms with van der Waals surface area (Å²) in [5.74, 6) is 1.00. The van der Waals surface area contributed by atoms with Crippen LogP contribution in [0.25, 0.3) is 5.65 Å². The molecule has 0 radical (unpaired) electrons. The fraction of sp³-hybridized carbons (Fsp3) is 0.0714. The molecule has 3 aromatic rings. The van der Waals surface area contributed by atoms with Crippen molar-refractivity contribution in [3.63, 3.8) is 0 Å². The second-order valence-corrected chi connectivity index (χ2v) is 4.42. The maximum absolute atomic E-state index is 6.13. The van der Waals surface area contributed by atoms with Crippen molar-refractivity contribution in [2.75, 3.05) is 5.32 Å². The van der Waals surface area contributed by atoms with E-state index >= 15 is 0 Å². The first-order valence-electron chi connectivity index (χ1n) is 5.74. The van der Waals surface area contributed by atoms with E-state index in [-0.39, 0.29) is 0 Å². The molecule has 0 aliphatic heterocycles. The van der Waals surface area contributed by atoms with Gasteiger partial charge in [0.25, 0.3) is 0 Å². The van der Waals surface area contributed by atoms with Gasteiger partial charge >= 0.3 is 0 Å². The van der Waals surface area contributed by atoms with Gasteiger partial charge in [-0.1, -0.05) is 35.9 Å². The largest absolute Gasteiger partial charge is 0.367 e. The molecule has 0 saturated heterocycles. The third-order valence-electron chi connectivity index (χ3n) is 2.85. The van der Waals surface area contributed by atoms with Crippen molar-refractivity contribution in [3.05, 3.63) is 65.4 Å². The van der Waals surface area contributed by atoms with Gasteiger partial charge in [0.05, 0.1) is 0 Å². The lowest BCUT2D eigenvalue weighted by molar-refractivity contribution is 1.07. The third-order valence-corrected chi connectivity index (χ3v) is 3.21. The molecule has 90 valence electrons. The van der Waals surface area contributed by atoms with Crippen molar-refractivity contribution < 1.29 is 0 Å². The number of nitrogens with zero attached hydrogens (tertiary/aromatic N) is 2. The summed E-state index contributed by atoms with van der Waals surface area (Å²) < 4.78 is 2.01. The van der Waals surface area contributed by atoms with E-state index in [4.69, 9.17) is 11.6 Å². The Bertz CT molecular complexity index is 675. The Kier molecular flexibility index (Phi) is 2.90. The first-order chi connectivity index (χ1) is 8.84. The van der Waals surface area contributed by atoms with Gasteiger partial charge in [-0.25, -0.2) is 4.98 Å². The van der Waals surface area contributed by atoms with Gasteiger partial charge in [0, 0.05) is 24.0 Å². The zero-order valence-corrected chi connectivity index (χ0v) is 10.4. The lowest BCUT2D eigenvalue weighted by atomic mass is 10.2. The molecule has 0 unspecified atom stereocenters. The van der Waals surface area contributed by atoms with E-state index in [1.54, 1.807) is 6.20 Å². The van der Waals surface area contributed by atoms with Gasteiger partial charge in [-0.05, 0) is 23.8 Å². The topological polar surface area (TPSA) is 29.3 Å². The number of imidazole rings is 1. The van der Waals surface area contributed by atoms with Gasteiger partial charge in [0.15, 0.2) is 0 Å². The number of fused-ring (bicyclic) bond motifs is 1. The van der Waals surface area contributed by atoms with Crippen LogP contribution in [0, 0.1) is 0 Å². The molecule has 0 atom stereocenters. The minimum Gasteiger partial charge on any atom is -0.367 e. The van der Waals surface area contributed by atoms with E-state index in [1.807, 2.05) is 53.1 Å². The SMILES string of the molecule is Clc1ccccc1CNc1cccc2nccn12. The molecule has 0 amide bonds. The number of aromatic nitrogens is 2. The van der Waals surface area contributed by atoms with Gasteiger partial charge in [-0.3, -0.25) is 4.40 Å². The molecule has 1 N–H and O–H groups in total. The zero-order valence-electron chi connectivity index (χ0n) is 9.68. The number of benzene rings is 1. The predicted octanol–water partition coefficient (Wildman–Crippen LogP) is 3.60. The molecule has 4 heteroatoms. The number of hydrogen-bond acceptors (Lipinski definition) is 2. The number of pyridine rings is 1. The molecule has 1 aromatic carbocycles. The average Bonchev–Trinajstić information content (AvgIpc) is 2.86. The average molecular weight is 258 g/mol. The summed E-state index contributed by atoms with van der Waals surface area (Å²) in [4.78, 5) is 4.25. The van der Waals surface area contributed by atoms with Crippen LogP contribution in [-0.4, -0.2) is 9.38 Å². The van der Waals surface area contributed by atoms with Crippen LogP contribution in [0.1, 0.15) is 5.56 Å². The summed E-state index contributed by atoms with van der Waals surface area (Å²) in [6.45, 7) is 0.691. The van der Waals surface area contributed by atoms with Crippen molar-refractivity contribution in [2.24, 2.45) is 0 Å². The molecule has 2 heterocycles. The third kappa shape index (κ3) is 2.05. The van der Waals surface area contributed by atoms with Crippen LogP contribution in [-0.2, 0) is 6.54 Å². The van der Waals surface area contributed by atoms with Gasteiger partial charge in [-0.15, -0.1) is 0 Å². The summed E-state index contributed by atoms with van der Waals surface area (Å²) in [6, 6.07) is 13.8. The Hall–Kier alpha value is -2.00. The smallest absolute Gasteiger partial charge is 0.138 e. The number of hydrogen-bond donors (Lipinski definition) is 1. The first-order valence-corrected chi connectivity index (χ1v) is 6.12. The fourth-order valence-electron chi connectivity index (χ4n) is 1.92. The van der Waals surface area contributed by atoms with E-state index < -0.39 is 0 Å². The Morgan fingerprint density at radius 3 is 2.89 bits per heavy atom. The number of rotatable bonds is 3. The van der Waals surface area contributed by atoms with E-state index in [2.05, 4.69) is 10.3 Å². The molecule has 3 rings (SSSR count). The van der Waals surface area contributed by atoms with Crippen molar-refractivity contribution in [1.29, 1.82) is 0 Å². The molecule has 0 saturated carbocycles. The molecular formula is C14H12ClN3. The fourth-order valence-corrected chi connectivity index (χ4v) is 2.12. The normalized spacial score (nSPS) is 10.7. The molecule has 0 aliphatic rings. The lowest BCUT2D eigenvalue weighted by Gasteiger charge is -2.09. The summed E-state index contributed by atoms with van der Waals surface area (Å²) >= 11 is 6.13. The second-order valence-electron chi connectivity index (χ2n) is 4.01. The molecule has 3 nitrogen and oxygen atoms in total. The Morgan fingerprint density at radius 2 is 2.00 bits per heavy atom. The van der Waals surface area contributed by atoms with Crippen LogP contribution >= 0.6 is 11.6 Å². The van der Waals surface area contributed by atoms with Gasteiger partial charge in [0.2, 0.25) is 0 Å². The predicted molar refractivity (Wildman–Crippen MR) is 74.0 cm³/mol. The van der Waals surface area contributed by atoms with E-state index in [9.17, 15) is 0 Å². The van der Waals surface area contributed by atoms with E-state index in [0.29, 0.717) is 6.54 Å². The number of halogens is 1. The molecule has 18 heavy (non-hydrogen) atoms. The summed E-state index contributed by atoms with van der Waals surface area (Å²) in [5.41, 5.74) is 2.01. The summed E-state index contributed by atoms with van der Waals surface area (Å²) in [5, 5.41) is 4.15. The first kappa shape index (κ1) is 11.1. The van der Waals surface area contributed by atoms with Crippen LogP contribution in [0.2, 0.25) is 5.02 Å². The van der Waals surface area contributed by atoms with Gasteiger partial charge in [0.1, 0.15) is 11.5 Å². The standard InChI is InChI=1S/C14H12ClN3/c15-12-5-2-1-4-11(12)10-17-14-7-3-6-13-16-8-9-18(13)14/h1-9,17H,10H2. The zero-order chi connectivity index (χ0) is 12.4. The number of anilines is 1. The molecule has 0 spiro atoms. The highest BCUT2D eigenvalue weighted by molar-refractivity contribution is 6.31. The molecule has 0 bridgehead atoms. The maximum atomic E-state index is 6.13. The Labute approximate surface area is 110 Å². The molecular weight excluding hydrogens is 246 g/mol. The van der Waals surface area contributed by atoms with E-state index in [0.717, 1.165) is 22.1 Å². The van der Waals surface area contributed by atoms with Crippen LogP contribution in [0.4, 0.5) is 5.82 Å². The highest BCUT2D eigenvalue weighted by Gasteiger charge is 2.02. The van der Waals surface area contributed by atoms with Gasteiger partial charge < -0.3 is 5.32 Å². The van der Waals surface area contributed by atoms with Crippen molar-refractivity contribution in [2.45, 2.75) is 6.54 Å². The monoisotopic (exact) mass is 257 g/mol. The minimum absolute atomic E-state index is 0.691. The molecule has 0 fully saturated rings.